The van der Waals surface area contributed by atoms with Crippen molar-refractivity contribution >= 4 is 17.0 Å². The average molecular weight is 137 g/mol. The number of carbonyl (C=O) groups excluding carboxylic acids is 1. The molecule has 2 radical (unpaired) electrons. The van der Waals surface area contributed by atoms with Crippen molar-refractivity contribution in [3.8, 4) is 0 Å². The van der Waals surface area contributed by atoms with Crippen molar-refractivity contribution in [3.05, 3.63) is 7.11 Å². The van der Waals surface area contributed by atoms with Gasteiger partial charge in [0, 0.05) is 11.6 Å². The third-order valence-corrected chi connectivity index (χ3v) is 0.526. The van der Waals surface area contributed by atoms with Crippen LogP contribution in [-0.4, -0.2) is 18.6 Å². The summed E-state index contributed by atoms with van der Waals surface area (Å²) in [5, 5.41) is 0. The summed E-state index contributed by atoms with van der Waals surface area (Å²) in [7, 11) is 4.58. The normalized spacial score (nSPS) is 8.75. The Morgan fingerprint density at radius 3 is 2.62 bits per heavy atom. The van der Waals surface area contributed by atoms with Gasteiger partial charge in [-0.2, -0.15) is 0 Å². The summed E-state index contributed by atoms with van der Waals surface area (Å²) in [5.41, 5.74) is -0.845. The summed E-state index contributed by atoms with van der Waals surface area (Å²) in [6, 6.07) is 0. The zero-order chi connectivity index (χ0) is 6.41. The molecule has 0 aliphatic carbocycles. The van der Waals surface area contributed by atoms with Crippen LogP contribution in [0.2, 0.25) is 0 Å². The maximum Gasteiger partial charge on any atom is 0.403 e. The van der Waals surface area contributed by atoms with E-state index in [4.69, 9.17) is 11.6 Å². The fourth-order valence-corrected chi connectivity index (χ4v) is 0.247. The summed E-state index contributed by atoms with van der Waals surface area (Å²) in [4.78, 5) is 9.77. The lowest BCUT2D eigenvalue weighted by Crippen LogP contribution is -2.01. The van der Waals surface area contributed by atoms with E-state index in [0.717, 1.165) is 0 Å². The van der Waals surface area contributed by atoms with Crippen molar-refractivity contribution in [1.82, 2.24) is 0 Å². The van der Waals surface area contributed by atoms with Crippen LogP contribution in [0.4, 0.5) is 4.79 Å². The van der Waals surface area contributed by atoms with Gasteiger partial charge in [-0.3, -0.25) is 0 Å². The van der Waals surface area contributed by atoms with Crippen LogP contribution in [0.3, 0.4) is 0 Å². The molecule has 0 fully saturated rings. The van der Waals surface area contributed by atoms with E-state index in [1.165, 1.54) is 0 Å². The Hall–Kier alpha value is -0.280. The second kappa shape index (κ2) is 4.87. The maximum absolute atomic E-state index is 9.77. The van der Waals surface area contributed by atoms with Crippen LogP contribution in [0, 0.1) is 7.11 Å². The molecule has 0 rings (SSSR count). The summed E-state index contributed by atoms with van der Waals surface area (Å²) in [5.74, 6) is 0. The Balaban J connectivity index is 2.82. The van der Waals surface area contributed by atoms with Crippen LogP contribution in [0.1, 0.15) is 0 Å². The quantitative estimate of drug-likeness (QED) is 0.430. The topological polar surface area (TPSA) is 35.5 Å². The van der Waals surface area contributed by atoms with Crippen molar-refractivity contribution in [2.75, 3.05) is 13.2 Å². The molecule has 0 saturated heterocycles. The Kier molecular flexibility index (Phi) is 4.70. The number of ether oxygens (including phenoxy) is 2. The van der Waals surface area contributed by atoms with Gasteiger partial charge in [0.15, 0.2) is 0 Å². The molecule has 0 bridgehead atoms. The number of hydrogen-bond donors (Lipinski definition) is 0. The smallest absolute Gasteiger partial charge is 0.403 e. The van der Waals surface area contributed by atoms with Gasteiger partial charge < -0.3 is 9.47 Å². The fraction of sp³-hybridized carbons (Fsp3) is 0.500. The largest absolute Gasteiger partial charge is 0.451 e. The molecular formula is C4H5ClO3. The number of halogens is 1. The average Bonchev–Trinajstić information content (AvgIpc) is 1.66. The van der Waals surface area contributed by atoms with Crippen LogP contribution in [-0.2, 0) is 9.47 Å². The predicted octanol–water partition coefficient (Wildman–Crippen LogP) is 1.05. The highest BCUT2D eigenvalue weighted by atomic mass is 35.5. The zero-order valence-electron chi connectivity index (χ0n) is 4.09. The standard InChI is InChI=1S/C4H5ClO3/c1-7-2-3-8-4(5)6/h1H,2-3H2. The van der Waals surface area contributed by atoms with Crippen LogP contribution < -0.4 is 0 Å². The predicted molar refractivity (Wildman–Crippen MR) is 27.5 cm³/mol. The van der Waals surface area contributed by atoms with Crippen LogP contribution in [0.15, 0.2) is 0 Å². The molecule has 3 nitrogen and oxygen atoms in total. The van der Waals surface area contributed by atoms with Crippen molar-refractivity contribution in [1.29, 1.82) is 0 Å². The Morgan fingerprint density at radius 2 is 2.25 bits per heavy atom. The van der Waals surface area contributed by atoms with Gasteiger partial charge in [-0.25, -0.2) is 4.79 Å². The monoisotopic (exact) mass is 136 g/mol. The van der Waals surface area contributed by atoms with Crippen LogP contribution in [0.25, 0.3) is 0 Å². The summed E-state index contributed by atoms with van der Waals surface area (Å²) < 4.78 is 8.26. The number of rotatable bonds is 3. The summed E-state index contributed by atoms with van der Waals surface area (Å²) in [6.45, 7) is 0.261. The molecule has 0 amide bonds. The van der Waals surface area contributed by atoms with Crippen LogP contribution >= 0.6 is 11.6 Å². The Labute approximate surface area is 52.5 Å². The minimum Gasteiger partial charge on any atom is -0.451 e. The molecule has 4 heteroatoms. The number of carbonyl (C=O) groups is 1. The molecule has 0 atom stereocenters. The molecule has 0 aromatic carbocycles. The van der Waals surface area contributed by atoms with Gasteiger partial charge in [-0.15, -0.1) is 0 Å². The Bertz CT molecular complexity index is 73.7. The van der Waals surface area contributed by atoms with Gasteiger partial charge in [-0.1, -0.05) is 0 Å². The minimum atomic E-state index is -0.845. The second-order valence-electron chi connectivity index (χ2n) is 0.957. The van der Waals surface area contributed by atoms with Gasteiger partial charge in [-0.05, 0) is 0 Å². The Morgan fingerprint density at radius 1 is 1.62 bits per heavy atom. The number of hydrogen-bond acceptors (Lipinski definition) is 3. The molecule has 0 aromatic heterocycles. The molecule has 0 saturated carbocycles. The minimum absolute atomic E-state index is 0.0961. The van der Waals surface area contributed by atoms with E-state index in [1.807, 2.05) is 0 Å². The van der Waals surface area contributed by atoms with E-state index in [2.05, 4.69) is 16.6 Å². The van der Waals surface area contributed by atoms with Gasteiger partial charge in [0.1, 0.15) is 13.7 Å². The van der Waals surface area contributed by atoms with E-state index in [9.17, 15) is 4.79 Å². The van der Waals surface area contributed by atoms with Crippen LogP contribution in [0.5, 0.6) is 0 Å². The van der Waals surface area contributed by atoms with E-state index >= 15 is 0 Å². The lowest BCUT2D eigenvalue weighted by molar-refractivity contribution is 0.129. The summed E-state index contributed by atoms with van der Waals surface area (Å²) >= 11 is 4.76. The lowest BCUT2D eigenvalue weighted by atomic mass is 10.8. The van der Waals surface area contributed by atoms with Crippen molar-refractivity contribution < 1.29 is 14.3 Å². The van der Waals surface area contributed by atoms with E-state index < -0.39 is 5.43 Å². The molecule has 0 spiro atoms. The molecule has 0 aliphatic rings. The summed E-state index contributed by atoms with van der Waals surface area (Å²) in [6.07, 6.45) is 0. The first-order valence-electron chi connectivity index (χ1n) is 1.91. The first-order valence-corrected chi connectivity index (χ1v) is 2.29. The van der Waals surface area contributed by atoms with Crippen molar-refractivity contribution in [3.63, 3.8) is 0 Å². The van der Waals surface area contributed by atoms with E-state index in [1.54, 1.807) is 0 Å². The van der Waals surface area contributed by atoms with Gasteiger partial charge >= 0.3 is 5.43 Å². The third-order valence-electron chi connectivity index (χ3n) is 0.417. The van der Waals surface area contributed by atoms with Gasteiger partial charge in [0.25, 0.3) is 0 Å². The molecule has 0 N–H and O–H groups in total. The molecule has 46 valence electrons. The molecule has 0 heterocycles. The first kappa shape index (κ1) is 7.72. The lowest BCUT2D eigenvalue weighted by Gasteiger charge is -1.95. The molecule has 0 aliphatic heterocycles. The molecule has 8 heavy (non-hydrogen) atoms. The second-order valence-corrected chi connectivity index (χ2v) is 1.27. The van der Waals surface area contributed by atoms with Gasteiger partial charge in [0.05, 0.1) is 6.61 Å². The van der Waals surface area contributed by atoms with E-state index in [0.29, 0.717) is 0 Å². The fourth-order valence-electron chi connectivity index (χ4n) is 0.170. The van der Waals surface area contributed by atoms with Crippen molar-refractivity contribution in [2.45, 2.75) is 0 Å². The van der Waals surface area contributed by atoms with Crippen molar-refractivity contribution in [2.24, 2.45) is 0 Å². The van der Waals surface area contributed by atoms with Gasteiger partial charge in [0.2, 0.25) is 0 Å². The highest BCUT2D eigenvalue weighted by Crippen LogP contribution is 1.85. The SMILES string of the molecule is [CH]OCCOC(=O)Cl. The zero-order valence-corrected chi connectivity index (χ0v) is 4.85. The highest BCUT2D eigenvalue weighted by Gasteiger charge is 1.91. The van der Waals surface area contributed by atoms with E-state index in [-0.39, 0.29) is 13.2 Å². The molecule has 0 aromatic rings. The first-order chi connectivity index (χ1) is 3.77. The highest BCUT2D eigenvalue weighted by molar-refractivity contribution is 6.61. The molecular weight excluding hydrogens is 131 g/mol. The molecule has 0 unspecified atom stereocenters. The maximum atomic E-state index is 9.77. The third kappa shape index (κ3) is 5.72.